The minimum atomic E-state index is -0.860. The van der Waals surface area contributed by atoms with Crippen LogP contribution in [0.4, 0.5) is 5.95 Å². The van der Waals surface area contributed by atoms with E-state index in [0.717, 1.165) is 17.9 Å². The maximum absolute atomic E-state index is 10.7. The van der Waals surface area contributed by atoms with Crippen LogP contribution in [0.15, 0.2) is 42.7 Å². The van der Waals surface area contributed by atoms with E-state index in [9.17, 15) is 5.11 Å². The molecule has 1 atom stereocenters. The molecular weight excluding hydrogens is 266 g/mol. The molecule has 110 valence electrons. The fourth-order valence-electron chi connectivity index (χ4n) is 2.53. The Kier molecular flexibility index (Phi) is 3.75. The highest BCUT2D eigenvalue weighted by Gasteiger charge is 2.38. The second-order valence-corrected chi connectivity index (χ2v) is 5.50. The molecule has 0 amide bonds. The third-order valence-corrected chi connectivity index (χ3v) is 3.76. The van der Waals surface area contributed by atoms with E-state index < -0.39 is 5.60 Å². The van der Waals surface area contributed by atoms with Gasteiger partial charge in [0, 0.05) is 18.9 Å². The van der Waals surface area contributed by atoms with Crippen LogP contribution in [0, 0.1) is 6.92 Å². The number of aryl methyl sites for hydroxylation is 1. The zero-order chi connectivity index (χ0) is 14.7. The second kappa shape index (κ2) is 5.69. The highest BCUT2D eigenvalue weighted by Crippen LogP contribution is 2.26. The van der Waals surface area contributed by atoms with Crippen molar-refractivity contribution < 1.29 is 9.84 Å². The number of nitrogens with zero attached hydrogens (tertiary/aromatic N) is 3. The Hall–Kier alpha value is -2.14. The van der Waals surface area contributed by atoms with E-state index >= 15 is 0 Å². The number of aromatic nitrogens is 2. The van der Waals surface area contributed by atoms with Gasteiger partial charge in [0.1, 0.15) is 18.0 Å². The monoisotopic (exact) mass is 285 g/mol. The lowest BCUT2D eigenvalue weighted by atomic mass is 10.1. The van der Waals surface area contributed by atoms with E-state index in [2.05, 4.69) is 9.97 Å². The van der Waals surface area contributed by atoms with Gasteiger partial charge in [0.05, 0.1) is 6.54 Å². The lowest BCUT2D eigenvalue weighted by Crippen LogP contribution is -2.39. The van der Waals surface area contributed by atoms with Crippen molar-refractivity contribution in [1.29, 1.82) is 0 Å². The number of para-hydroxylation sites is 1. The van der Waals surface area contributed by atoms with Crippen LogP contribution in [0.3, 0.4) is 0 Å². The Labute approximate surface area is 124 Å². The van der Waals surface area contributed by atoms with E-state index in [1.807, 2.05) is 36.1 Å². The van der Waals surface area contributed by atoms with Crippen LogP contribution in [-0.2, 0) is 0 Å². The third-order valence-electron chi connectivity index (χ3n) is 3.76. The molecule has 1 saturated heterocycles. The Morgan fingerprint density at radius 2 is 2.00 bits per heavy atom. The van der Waals surface area contributed by atoms with Crippen LogP contribution < -0.4 is 9.64 Å². The SMILES string of the molecule is Cc1ccccc1OC[C@@]1(O)CCN(c2ncccn2)C1. The number of benzene rings is 1. The zero-order valence-corrected chi connectivity index (χ0v) is 12.1. The van der Waals surface area contributed by atoms with Gasteiger partial charge in [-0.15, -0.1) is 0 Å². The summed E-state index contributed by atoms with van der Waals surface area (Å²) in [4.78, 5) is 10.4. The van der Waals surface area contributed by atoms with Gasteiger partial charge in [0.2, 0.25) is 5.95 Å². The predicted octanol–water partition coefficient (Wildman–Crippen LogP) is 1.81. The Morgan fingerprint density at radius 1 is 1.24 bits per heavy atom. The van der Waals surface area contributed by atoms with Crippen molar-refractivity contribution >= 4 is 5.95 Å². The molecule has 2 aromatic rings. The van der Waals surface area contributed by atoms with Gasteiger partial charge in [-0.2, -0.15) is 0 Å². The van der Waals surface area contributed by atoms with Gasteiger partial charge in [-0.05, 0) is 31.0 Å². The second-order valence-electron chi connectivity index (χ2n) is 5.50. The molecular formula is C16H19N3O2. The average Bonchev–Trinajstić information content (AvgIpc) is 2.90. The van der Waals surface area contributed by atoms with Gasteiger partial charge in [-0.3, -0.25) is 0 Å². The minimum absolute atomic E-state index is 0.279. The van der Waals surface area contributed by atoms with Gasteiger partial charge in [0.15, 0.2) is 0 Å². The fraction of sp³-hybridized carbons (Fsp3) is 0.375. The van der Waals surface area contributed by atoms with E-state index in [4.69, 9.17) is 4.74 Å². The van der Waals surface area contributed by atoms with Crippen LogP contribution in [0.1, 0.15) is 12.0 Å². The molecule has 0 radical (unpaired) electrons. The molecule has 0 aliphatic carbocycles. The standard InChI is InChI=1S/C16H19N3O2/c1-13-5-2-3-6-14(13)21-12-16(20)7-10-19(11-16)15-17-8-4-9-18-15/h2-6,8-9,20H,7,10-12H2,1H3/t16-/m1/s1. The molecule has 0 bridgehead atoms. The summed E-state index contributed by atoms with van der Waals surface area (Å²) >= 11 is 0. The van der Waals surface area contributed by atoms with Crippen LogP contribution in [-0.4, -0.2) is 40.4 Å². The first-order chi connectivity index (χ1) is 10.2. The van der Waals surface area contributed by atoms with Crippen molar-refractivity contribution in [3.05, 3.63) is 48.3 Å². The van der Waals surface area contributed by atoms with Crippen LogP contribution in [0.25, 0.3) is 0 Å². The van der Waals surface area contributed by atoms with Crippen molar-refractivity contribution in [2.24, 2.45) is 0 Å². The van der Waals surface area contributed by atoms with Crippen molar-refractivity contribution in [2.75, 3.05) is 24.6 Å². The third kappa shape index (κ3) is 3.13. The summed E-state index contributed by atoms with van der Waals surface area (Å²) in [7, 11) is 0. The highest BCUT2D eigenvalue weighted by molar-refractivity contribution is 5.34. The van der Waals surface area contributed by atoms with Crippen molar-refractivity contribution in [3.63, 3.8) is 0 Å². The zero-order valence-electron chi connectivity index (χ0n) is 12.1. The summed E-state index contributed by atoms with van der Waals surface area (Å²) in [6.07, 6.45) is 4.07. The minimum Gasteiger partial charge on any atom is -0.490 e. The quantitative estimate of drug-likeness (QED) is 0.928. The van der Waals surface area contributed by atoms with E-state index in [1.54, 1.807) is 18.5 Å². The Morgan fingerprint density at radius 3 is 2.76 bits per heavy atom. The molecule has 1 aromatic heterocycles. The topological polar surface area (TPSA) is 58.5 Å². The Balaban J connectivity index is 1.63. The van der Waals surface area contributed by atoms with Crippen LogP contribution in [0.2, 0.25) is 0 Å². The molecule has 1 fully saturated rings. The molecule has 1 aromatic carbocycles. The number of ether oxygens (including phenoxy) is 1. The average molecular weight is 285 g/mol. The van der Waals surface area contributed by atoms with Gasteiger partial charge in [-0.25, -0.2) is 9.97 Å². The van der Waals surface area contributed by atoms with Crippen molar-refractivity contribution in [2.45, 2.75) is 18.9 Å². The van der Waals surface area contributed by atoms with Crippen LogP contribution in [0.5, 0.6) is 5.75 Å². The first-order valence-corrected chi connectivity index (χ1v) is 7.09. The predicted molar refractivity (Wildman–Crippen MR) is 80.5 cm³/mol. The Bertz CT molecular complexity index is 605. The smallest absolute Gasteiger partial charge is 0.225 e. The summed E-state index contributed by atoms with van der Waals surface area (Å²) in [6.45, 7) is 3.50. The molecule has 1 aliphatic rings. The van der Waals surface area contributed by atoms with Gasteiger partial charge < -0.3 is 14.7 Å². The number of rotatable bonds is 4. The lowest BCUT2D eigenvalue weighted by Gasteiger charge is -2.24. The van der Waals surface area contributed by atoms with E-state index in [-0.39, 0.29) is 6.61 Å². The molecule has 1 aliphatic heterocycles. The number of hydrogen-bond donors (Lipinski definition) is 1. The van der Waals surface area contributed by atoms with E-state index in [1.165, 1.54) is 0 Å². The maximum Gasteiger partial charge on any atom is 0.225 e. The molecule has 0 saturated carbocycles. The number of hydrogen-bond acceptors (Lipinski definition) is 5. The van der Waals surface area contributed by atoms with Gasteiger partial charge in [-0.1, -0.05) is 18.2 Å². The summed E-state index contributed by atoms with van der Waals surface area (Å²) in [6, 6.07) is 9.61. The highest BCUT2D eigenvalue weighted by atomic mass is 16.5. The van der Waals surface area contributed by atoms with Gasteiger partial charge in [0.25, 0.3) is 0 Å². The maximum atomic E-state index is 10.7. The molecule has 2 heterocycles. The number of β-amino-alcohol motifs (C(OH)–C–C–N with tert-alkyl or cyclic N) is 1. The number of anilines is 1. The molecule has 5 nitrogen and oxygen atoms in total. The molecule has 0 spiro atoms. The molecule has 0 unspecified atom stereocenters. The molecule has 1 N–H and O–H groups in total. The summed E-state index contributed by atoms with van der Waals surface area (Å²) < 4.78 is 5.79. The van der Waals surface area contributed by atoms with Crippen molar-refractivity contribution in [3.8, 4) is 5.75 Å². The fourth-order valence-corrected chi connectivity index (χ4v) is 2.53. The first-order valence-electron chi connectivity index (χ1n) is 7.09. The number of aliphatic hydroxyl groups is 1. The van der Waals surface area contributed by atoms with Gasteiger partial charge >= 0.3 is 0 Å². The summed E-state index contributed by atoms with van der Waals surface area (Å²) in [5, 5.41) is 10.7. The molecule has 21 heavy (non-hydrogen) atoms. The largest absolute Gasteiger partial charge is 0.490 e. The van der Waals surface area contributed by atoms with Crippen LogP contribution >= 0.6 is 0 Å². The summed E-state index contributed by atoms with van der Waals surface area (Å²) in [5.74, 6) is 1.48. The molecule has 5 heteroatoms. The normalized spacial score (nSPS) is 21.5. The summed E-state index contributed by atoms with van der Waals surface area (Å²) in [5.41, 5.74) is 0.212. The lowest BCUT2D eigenvalue weighted by molar-refractivity contribution is 0.0142. The molecule has 3 rings (SSSR count). The van der Waals surface area contributed by atoms with Crippen molar-refractivity contribution in [1.82, 2.24) is 9.97 Å². The first kappa shape index (κ1) is 13.8. The van der Waals surface area contributed by atoms with E-state index in [0.29, 0.717) is 18.9 Å².